The van der Waals surface area contributed by atoms with Crippen LogP contribution in [0.15, 0.2) is 6.07 Å². The van der Waals surface area contributed by atoms with Gasteiger partial charge in [-0.1, -0.05) is 23.2 Å². The summed E-state index contributed by atoms with van der Waals surface area (Å²) in [4.78, 5) is 0. The second-order valence-electron chi connectivity index (χ2n) is 3.81. The number of rotatable bonds is 2. The summed E-state index contributed by atoms with van der Waals surface area (Å²) >= 11 is 13.2. The average molecular weight is 266 g/mol. The van der Waals surface area contributed by atoms with Gasteiger partial charge in [0.25, 0.3) is 0 Å². The summed E-state index contributed by atoms with van der Waals surface area (Å²) in [5.74, 6) is 0.300. The van der Waals surface area contributed by atoms with Gasteiger partial charge in [-0.2, -0.15) is 0 Å². The highest BCUT2D eigenvalue weighted by Gasteiger charge is 2.25. The van der Waals surface area contributed by atoms with E-state index in [2.05, 4.69) is 5.32 Å². The average Bonchev–Trinajstić information content (AvgIpc) is 2.58. The fourth-order valence-corrected chi connectivity index (χ4v) is 3.51. The molecule has 2 heterocycles. The summed E-state index contributed by atoms with van der Waals surface area (Å²) in [6, 6.07) is 1.78. The minimum absolute atomic E-state index is 0.300. The standard InChI is InChI=1S/C10H13Cl2NOS/c11-8-5-7(10(12)15-8)9(14)6-1-3-13-4-2-6/h5-6,9,13-14H,1-4H2. The summed E-state index contributed by atoms with van der Waals surface area (Å²) in [6.07, 6.45) is 1.51. The number of nitrogens with one attached hydrogen (secondary N) is 1. The lowest BCUT2D eigenvalue weighted by molar-refractivity contribution is 0.0894. The van der Waals surface area contributed by atoms with Gasteiger partial charge in [0.15, 0.2) is 0 Å². The molecule has 0 saturated carbocycles. The van der Waals surface area contributed by atoms with Gasteiger partial charge < -0.3 is 10.4 Å². The van der Waals surface area contributed by atoms with Crippen LogP contribution in [0.25, 0.3) is 0 Å². The molecule has 2 nitrogen and oxygen atoms in total. The van der Waals surface area contributed by atoms with E-state index in [9.17, 15) is 5.11 Å². The van der Waals surface area contributed by atoms with Crippen molar-refractivity contribution in [3.05, 3.63) is 20.3 Å². The van der Waals surface area contributed by atoms with E-state index >= 15 is 0 Å². The molecular weight excluding hydrogens is 253 g/mol. The number of halogens is 2. The first kappa shape index (κ1) is 11.7. The van der Waals surface area contributed by atoms with Gasteiger partial charge >= 0.3 is 0 Å². The van der Waals surface area contributed by atoms with Crippen LogP contribution in [0.2, 0.25) is 8.67 Å². The first-order valence-corrected chi connectivity index (χ1v) is 6.59. The van der Waals surface area contributed by atoms with Crippen molar-refractivity contribution in [1.82, 2.24) is 5.32 Å². The van der Waals surface area contributed by atoms with Crippen molar-refractivity contribution in [3.63, 3.8) is 0 Å². The highest BCUT2D eigenvalue weighted by Crippen LogP contribution is 2.39. The number of hydrogen-bond acceptors (Lipinski definition) is 3. The van der Waals surface area contributed by atoms with Gasteiger partial charge in [-0.05, 0) is 37.9 Å². The highest BCUT2D eigenvalue weighted by molar-refractivity contribution is 7.20. The van der Waals surface area contributed by atoms with E-state index in [0.717, 1.165) is 31.5 Å². The van der Waals surface area contributed by atoms with Gasteiger partial charge in [0.1, 0.15) is 4.34 Å². The number of piperidine rings is 1. The van der Waals surface area contributed by atoms with Crippen molar-refractivity contribution in [2.75, 3.05) is 13.1 Å². The molecule has 1 aliphatic heterocycles. The lowest BCUT2D eigenvalue weighted by atomic mass is 9.89. The van der Waals surface area contributed by atoms with Gasteiger partial charge in [-0.3, -0.25) is 0 Å². The zero-order chi connectivity index (χ0) is 10.8. The zero-order valence-electron chi connectivity index (χ0n) is 8.17. The van der Waals surface area contributed by atoms with Crippen LogP contribution in [0.1, 0.15) is 24.5 Å². The van der Waals surface area contributed by atoms with Crippen molar-refractivity contribution < 1.29 is 5.11 Å². The Morgan fingerprint density at radius 3 is 2.60 bits per heavy atom. The SMILES string of the molecule is OC(c1cc(Cl)sc1Cl)C1CCNCC1. The number of aliphatic hydroxyl groups excluding tert-OH is 1. The summed E-state index contributed by atoms with van der Waals surface area (Å²) in [5.41, 5.74) is 0.790. The number of hydrogen-bond donors (Lipinski definition) is 2. The molecule has 1 aliphatic rings. The van der Waals surface area contributed by atoms with Crippen molar-refractivity contribution in [3.8, 4) is 0 Å². The molecule has 5 heteroatoms. The minimum Gasteiger partial charge on any atom is -0.388 e. The van der Waals surface area contributed by atoms with E-state index < -0.39 is 6.10 Å². The first-order valence-electron chi connectivity index (χ1n) is 5.02. The summed E-state index contributed by atoms with van der Waals surface area (Å²) < 4.78 is 1.26. The van der Waals surface area contributed by atoms with E-state index in [1.54, 1.807) is 6.07 Å². The molecule has 0 amide bonds. The van der Waals surface area contributed by atoms with Crippen LogP contribution in [0, 0.1) is 5.92 Å². The van der Waals surface area contributed by atoms with Crippen molar-refractivity contribution in [1.29, 1.82) is 0 Å². The molecule has 15 heavy (non-hydrogen) atoms. The molecule has 2 N–H and O–H groups in total. The maximum absolute atomic E-state index is 10.2. The van der Waals surface area contributed by atoms with Crippen LogP contribution in [-0.2, 0) is 0 Å². The Morgan fingerprint density at radius 2 is 2.07 bits per heavy atom. The maximum Gasteiger partial charge on any atom is 0.100 e. The highest BCUT2D eigenvalue weighted by atomic mass is 35.5. The Kier molecular flexibility index (Phi) is 3.91. The van der Waals surface area contributed by atoms with E-state index in [1.807, 2.05) is 0 Å². The molecule has 0 bridgehead atoms. The molecule has 0 spiro atoms. The van der Waals surface area contributed by atoms with Crippen LogP contribution >= 0.6 is 34.5 Å². The fourth-order valence-electron chi connectivity index (χ4n) is 1.97. The molecule has 84 valence electrons. The predicted octanol–water partition coefficient (Wildman–Crippen LogP) is 3.09. The third-order valence-corrected chi connectivity index (χ3v) is 4.35. The molecule has 0 radical (unpaired) electrons. The van der Waals surface area contributed by atoms with Crippen molar-refractivity contribution in [2.24, 2.45) is 5.92 Å². The quantitative estimate of drug-likeness (QED) is 0.862. The molecule has 0 aromatic carbocycles. The largest absolute Gasteiger partial charge is 0.388 e. The molecule has 1 saturated heterocycles. The molecule has 1 fully saturated rings. The monoisotopic (exact) mass is 265 g/mol. The summed E-state index contributed by atoms with van der Waals surface area (Å²) in [5, 5.41) is 13.4. The number of thiophene rings is 1. The second kappa shape index (κ2) is 5.02. The van der Waals surface area contributed by atoms with E-state index in [-0.39, 0.29) is 0 Å². The Labute approximate surface area is 103 Å². The van der Waals surface area contributed by atoms with Gasteiger partial charge in [0, 0.05) is 5.56 Å². The Morgan fingerprint density at radius 1 is 1.40 bits per heavy atom. The molecular formula is C10H13Cl2NOS. The molecule has 1 aromatic heterocycles. The molecule has 1 aromatic rings. The second-order valence-corrected chi connectivity index (χ2v) is 6.10. The van der Waals surface area contributed by atoms with E-state index in [1.165, 1.54) is 11.3 Å². The predicted molar refractivity (Wildman–Crippen MR) is 64.9 cm³/mol. The lowest BCUT2D eigenvalue weighted by Crippen LogP contribution is -2.30. The van der Waals surface area contributed by atoms with Gasteiger partial charge in [0.2, 0.25) is 0 Å². The van der Waals surface area contributed by atoms with E-state index in [0.29, 0.717) is 14.6 Å². The molecule has 1 unspecified atom stereocenters. The topological polar surface area (TPSA) is 32.3 Å². The van der Waals surface area contributed by atoms with Crippen LogP contribution in [0.5, 0.6) is 0 Å². The third kappa shape index (κ3) is 2.66. The molecule has 1 atom stereocenters. The first-order chi connectivity index (χ1) is 7.18. The fraction of sp³-hybridized carbons (Fsp3) is 0.600. The van der Waals surface area contributed by atoms with Crippen LogP contribution in [0.4, 0.5) is 0 Å². The molecule has 2 rings (SSSR count). The zero-order valence-corrected chi connectivity index (χ0v) is 10.5. The molecule has 0 aliphatic carbocycles. The summed E-state index contributed by atoms with van der Waals surface area (Å²) in [6.45, 7) is 1.94. The normalized spacial score (nSPS) is 20.5. The van der Waals surface area contributed by atoms with Crippen LogP contribution in [0.3, 0.4) is 0 Å². The van der Waals surface area contributed by atoms with E-state index in [4.69, 9.17) is 23.2 Å². The van der Waals surface area contributed by atoms with Crippen molar-refractivity contribution in [2.45, 2.75) is 18.9 Å². The third-order valence-electron chi connectivity index (χ3n) is 2.83. The van der Waals surface area contributed by atoms with Crippen LogP contribution < -0.4 is 5.32 Å². The smallest absolute Gasteiger partial charge is 0.100 e. The van der Waals surface area contributed by atoms with Crippen LogP contribution in [-0.4, -0.2) is 18.2 Å². The summed E-state index contributed by atoms with van der Waals surface area (Å²) in [7, 11) is 0. The van der Waals surface area contributed by atoms with Gasteiger partial charge in [-0.15, -0.1) is 11.3 Å². The maximum atomic E-state index is 10.2. The van der Waals surface area contributed by atoms with Crippen molar-refractivity contribution >= 4 is 34.5 Å². The lowest BCUT2D eigenvalue weighted by Gasteiger charge is -2.27. The number of aliphatic hydroxyl groups is 1. The Hall–Kier alpha value is 0.200. The minimum atomic E-state index is -0.469. The Balaban J connectivity index is 2.12. The van der Waals surface area contributed by atoms with Gasteiger partial charge in [0.05, 0.1) is 10.4 Å². The Bertz CT molecular complexity index is 336. The van der Waals surface area contributed by atoms with Gasteiger partial charge in [-0.25, -0.2) is 0 Å².